The number of rotatable bonds is 4. The highest BCUT2D eigenvalue weighted by Crippen LogP contribution is 2.26. The molecule has 0 aliphatic carbocycles. The molecular weight excluding hydrogens is 439 g/mol. The molecule has 1 aromatic heterocycles. The quantitative estimate of drug-likeness (QED) is 0.734. The van der Waals surface area contributed by atoms with Crippen molar-refractivity contribution in [1.29, 1.82) is 10.5 Å². The number of nitrogens with zero attached hydrogens (tertiary/aromatic N) is 5. The summed E-state index contributed by atoms with van der Waals surface area (Å²) in [5, 5.41) is 21.7. The van der Waals surface area contributed by atoms with Gasteiger partial charge in [-0.25, -0.2) is 14.2 Å². The van der Waals surface area contributed by atoms with Crippen LogP contribution in [0.4, 0.5) is 15.1 Å². The van der Waals surface area contributed by atoms with Crippen molar-refractivity contribution < 1.29 is 13.9 Å². The number of hydrogen-bond donors (Lipinski definition) is 1. The zero-order chi connectivity index (χ0) is 25.1. The summed E-state index contributed by atoms with van der Waals surface area (Å²) in [6, 6.07) is 7.54. The Morgan fingerprint density at radius 1 is 1.29 bits per heavy atom. The molecule has 1 atom stereocenters. The second-order valence-corrected chi connectivity index (χ2v) is 9.60. The first-order chi connectivity index (χ1) is 15.9. The summed E-state index contributed by atoms with van der Waals surface area (Å²) in [5.41, 5.74) is -1.54. The van der Waals surface area contributed by atoms with Crippen LogP contribution in [0.2, 0.25) is 0 Å². The van der Waals surface area contributed by atoms with Gasteiger partial charge in [-0.2, -0.15) is 10.5 Å². The van der Waals surface area contributed by atoms with Crippen molar-refractivity contribution in [3.05, 3.63) is 57.3 Å². The predicted octanol–water partition coefficient (Wildman–Crippen LogP) is 3.06. The van der Waals surface area contributed by atoms with E-state index in [1.165, 1.54) is 29.0 Å². The van der Waals surface area contributed by atoms with Crippen LogP contribution in [-0.4, -0.2) is 39.9 Å². The number of halogens is 1. The normalized spacial score (nSPS) is 18.0. The highest BCUT2D eigenvalue weighted by Gasteiger charge is 2.35. The van der Waals surface area contributed by atoms with Crippen molar-refractivity contribution in [2.24, 2.45) is 0 Å². The van der Waals surface area contributed by atoms with Gasteiger partial charge in [-0.3, -0.25) is 9.36 Å². The summed E-state index contributed by atoms with van der Waals surface area (Å²) >= 11 is 0. The maximum atomic E-state index is 13.9. The largest absolute Gasteiger partial charge is 0.444 e. The fourth-order valence-electron chi connectivity index (χ4n) is 3.99. The number of benzene rings is 1. The molecule has 1 aliphatic heterocycles. The van der Waals surface area contributed by atoms with E-state index in [-0.39, 0.29) is 23.6 Å². The summed E-state index contributed by atoms with van der Waals surface area (Å²) < 4.78 is 20.6. The topological polar surface area (TPSA) is 124 Å². The third kappa shape index (κ3) is 5.70. The molecule has 1 fully saturated rings. The molecule has 3 rings (SSSR count). The lowest BCUT2D eigenvalue weighted by Gasteiger charge is -2.42. The standard InChI is InChI=1S/C24H27FN6O3/c1-23(2,3)34-22(33)29-24(4)8-5-9-30(15-24)21-28-13-18(12-27)20(32)31(21)14-17-10-19(25)7-6-16(17)11-26/h6-7,10,13H,5,8-9,14-15H2,1-4H3,(H,29,33)/t24-/m1/s1. The van der Waals surface area contributed by atoms with Crippen molar-refractivity contribution >= 4 is 12.0 Å². The molecule has 1 N–H and O–H groups in total. The maximum Gasteiger partial charge on any atom is 0.408 e. The zero-order valence-electron chi connectivity index (χ0n) is 19.7. The number of hydrogen-bond acceptors (Lipinski definition) is 7. The molecule has 1 saturated heterocycles. The van der Waals surface area contributed by atoms with Gasteiger partial charge in [-0.05, 0) is 64.3 Å². The molecule has 2 aromatic rings. The van der Waals surface area contributed by atoms with E-state index < -0.39 is 28.6 Å². The Bertz CT molecular complexity index is 1240. The molecule has 0 radical (unpaired) electrons. The zero-order valence-corrected chi connectivity index (χ0v) is 19.7. The van der Waals surface area contributed by atoms with Crippen LogP contribution >= 0.6 is 0 Å². The van der Waals surface area contributed by atoms with Crippen molar-refractivity contribution in [3.8, 4) is 12.1 Å². The minimum Gasteiger partial charge on any atom is -0.444 e. The van der Waals surface area contributed by atoms with Gasteiger partial charge in [0.2, 0.25) is 5.95 Å². The summed E-state index contributed by atoms with van der Waals surface area (Å²) in [6.45, 7) is 7.98. The number of carbonyl (C=O) groups is 1. The second-order valence-electron chi connectivity index (χ2n) is 9.60. The Balaban J connectivity index is 1.97. The molecule has 0 unspecified atom stereocenters. The fourth-order valence-corrected chi connectivity index (χ4v) is 3.99. The molecular formula is C24H27FN6O3. The van der Waals surface area contributed by atoms with Gasteiger partial charge in [0.05, 0.1) is 29.9 Å². The minimum atomic E-state index is -0.659. The van der Waals surface area contributed by atoms with Crippen LogP contribution in [0.25, 0.3) is 0 Å². The number of amides is 1. The summed E-state index contributed by atoms with van der Waals surface area (Å²) in [4.78, 5) is 31.7. The van der Waals surface area contributed by atoms with Gasteiger partial charge in [-0.15, -0.1) is 0 Å². The Morgan fingerprint density at radius 2 is 2.00 bits per heavy atom. The van der Waals surface area contributed by atoms with Crippen LogP contribution < -0.4 is 15.8 Å². The van der Waals surface area contributed by atoms with E-state index in [0.717, 1.165) is 0 Å². The van der Waals surface area contributed by atoms with Gasteiger partial charge in [0.25, 0.3) is 5.56 Å². The highest BCUT2D eigenvalue weighted by molar-refractivity contribution is 5.69. The average molecular weight is 467 g/mol. The van der Waals surface area contributed by atoms with E-state index >= 15 is 0 Å². The molecule has 10 heteroatoms. The van der Waals surface area contributed by atoms with Gasteiger partial charge >= 0.3 is 6.09 Å². The molecule has 1 aromatic carbocycles. The summed E-state index contributed by atoms with van der Waals surface area (Å²) in [6.07, 6.45) is 2.05. The summed E-state index contributed by atoms with van der Waals surface area (Å²) in [5.74, 6) is -0.269. The van der Waals surface area contributed by atoms with Crippen molar-refractivity contribution in [2.45, 2.75) is 58.2 Å². The molecule has 0 saturated carbocycles. The van der Waals surface area contributed by atoms with Crippen molar-refractivity contribution in [3.63, 3.8) is 0 Å². The van der Waals surface area contributed by atoms with Crippen molar-refractivity contribution in [2.75, 3.05) is 18.0 Å². The number of ether oxygens (including phenoxy) is 1. The molecule has 2 heterocycles. The third-order valence-corrected chi connectivity index (χ3v) is 5.44. The maximum absolute atomic E-state index is 13.9. The highest BCUT2D eigenvalue weighted by atomic mass is 19.1. The number of nitrogens with one attached hydrogen (secondary N) is 1. The lowest BCUT2D eigenvalue weighted by molar-refractivity contribution is 0.0454. The lowest BCUT2D eigenvalue weighted by atomic mass is 9.91. The van der Waals surface area contributed by atoms with Crippen LogP contribution in [0, 0.1) is 28.5 Å². The Morgan fingerprint density at radius 3 is 2.65 bits per heavy atom. The number of nitriles is 2. The average Bonchev–Trinajstić information content (AvgIpc) is 2.73. The first kappa shape index (κ1) is 24.7. The number of alkyl carbamates (subject to hydrolysis) is 1. The second kappa shape index (κ2) is 9.52. The molecule has 1 aliphatic rings. The van der Waals surface area contributed by atoms with Crippen LogP contribution in [0.15, 0.2) is 29.2 Å². The first-order valence-corrected chi connectivity index (χ1v) is 10.9. The van der Waals surface area contributed by atoms with Gasteiger partial charge in [0, 0.05) is 13.1 Å². The van der Waals surface area contributed by atoms with Gasteiger partial charge in [0.15, 0.2) is 0 Å². The molecule has 0 spiro atoms. The van der Waals surface area contributed by atoms with Crippen LogP contribution in [0.3, 0.4) is 0 Å². The van der Waals surface area contributed by atoms with Gasteiger partial charge in [0.1, 0.15) is 23.1 Å². The minimum absolute atomic E-state index is 0.135. The third-order valence-electron chi connectivity index (χ3n) is 5.44. The van der Waals surface area contributed by atoms with E-state index in [2.05, 4.69) is 10.3 Å². The predicted molar refractivity (Wildman–Crippen MR) is 123 cm³/mol. The van der Waals surface area contributed by atoms with Crippen LogP contribution in [-0.2, 0) is 11.3 Å². The number of carbonyl (C=O) groups excluding carboxylic acids is 1. The SMILES string of the molecule is CC(C)(C)OC(=O)N[C@]1(C)CCCN(c2ncc(C#N)c(=O)n2Cc2cc(F)ccc2C#N)C1. The fraction of sp³-hybridized carbons (Fsp3) is 0.458. The van der Waals surface area contributed by atoms with Gasteiger partial charge in [-0.1, -0.05) is 0 Å². The molecule has 1 amide bonds. The number of anilines is 1. The smallest absolute Gasteiger partial charge is 0.408 e. The van der Waals surface area contributed by atoms with E-state index in [1.807, 2.05) is 24.0 Å². The number of piperidine rings is 1. The Hall–Kier alpha value is -3.92. The van der Waals surface area contributed by atoms with E-state index in [4.69, 9.17) is 4.74 Å². The van der Waals surface area contributed by atoms with E-state index in [0.29, 0.717) is 31.5 Å². The molecule has 34 heavy (non-hydrogen) atoms. The van der Waals surface area contributed by atoms with Crippen LogP contribution in [0.5, 0.6) is 0 Å². The Kier molecular flexibility index (Phi) is 6.92. The van der Waals surface area contributed by atoms with Crippen molar-refractivity contribution in [1.82, 2.24) is 14.9 Å². The molecule has 0 bridgehead atoms. The van der Waals surface area contributed by atoms with E-state index in [9.17, 15) is 24.5 Å². The molecule has 9 nitrogen and oxygen atoms in total. The van der Waals surface area contributed by atoms with Gasteiger partial charge < -0.3 is 15.0 Å². The van der Waals surface area contributed by atoms with Crippen LogP contribution in [0.1, 0.15) is 57.2 Å². The first-order valence-electron chi connectivity index (χ1n) is 10.9. The summed E-state index contributed by atoms with van der Waals surface area (Å²) in [7, 11) is 0. The number of aromatic nitrogens is 2. The Labute approximate surface area is 197 Å². The molecule has 178 valence electrons. The lowest BCUT2D eigenvalue weighted by Crippen LogP contribution is -2.58. The monoisotopic (exact) mass is 466 g/mol. The van der Waals surface area contributed by atoms with E-state index in [1.54, 1.807) is 20.8 Å².